The van der Waals surface area contributed by atoms with Crippen molar-refractivity contribution in [3.63, 3.8) is 0 Å². The molecule has 2 nitrogen and oxygen atoms in total. The Kier molecular flexibility index (Phi) is 5.38. The topological polar surface area (TPSA) is 29.3 Å². The van der Waals surface area contributed by atoms with E-state index in [9.17, 15) is 13.2 Å². The minimum Gasteiger partial charge on any atom is -0.324 e. The van der Waals surface area contributed by atoms with E-state index < -0.39 is 11.7 Å². The van der Waals surface area contributed by atoms with Crippen molar-refractivity contribution in [1.82, 2.24) is 4.90 Å². The number of rotatable bonds is 5. The third-order valence-electron chi connectivity index (χ3n) is 3.24. The van der Waals surface area contributed by atoms with Gasteiger partial charge in [0.05, 0.1) is 5.56 Å². The van der Waals surface area contributed by atoms with Crippen LogP contribution in [0.25, 0.3) is 0 Å². The van der Waals surface area contributed by atoms with Gasteiger partial charge in [0.2, 0.25) is 0 Å². The Bertz CT molecular complexity index is 402. The van der Waals surface area contributed by atoms with E-state index in [0.29, 0.717) is 5.56 Å². The van der Waals surface area contributed by atoms with E-state index in [-0.39, 0.29) is 12.0 Å². The lowest BCUT2D eigenvalue weighted by Crippen LogP contribution is -2.24. The molecule has 2 N–H and O–H groups in total. The highest BCUT2D eigenvalue weighted by molar-refractivity contribution is 5.28. The molecule has 2 unspecified atom stereocenters. The fourth-order valence-corrected chi connectivity index (χ4v) is 1.89. The predicted molar refractivity (Wildman–Crippen MR) is 70.7 cm³/mol. The van der Waals surface area contributed by atoms with Crippen LogP contribution in [0.2, 0.25) is 0 Å². The molecule has 1 rings (SSSR count). The summed E-state index contributed by atoms with van der Waals surface area (Å²) in [6, 6.07) is 4.92. The van der Waals surface area contributed by atoms with Gasteiger partial charge in [-0.15, -0.1) is 0 Å². The van der Waals surface area contributed by atoms with Gasteiger partial charge in [0.1, 0.15) is 0 Å². The molecule has 1 aromatic rings. The smallest absolute Gasteiger partial charge is 0.324 e. The highest BCUT2D eigenvalue weighted by atomic mass is 19.4. The van der Waals surface area contributed by atoms with Gasteiger partial charge in [-0.05, 0) is 50.7 Å². The Morgan fingerprint density at radius 1 is 1.26 bits per heavy atom. The van der Waals surface area contributed by atoms with Gasteiger partial charge in [0.25, 0.3) is 0 Å². The average Bonchev–Trinajstić information content (AvgIpc) is 2.34. The zero-order valence-corrected chi connectivity index (χ0v) is 11.5. The maximum atomic E-state index is 12.6. The van der Waals surface area contributed by atoms with Gasteiger partial charge in [-0.25, -0.2) is 0 Å². The monoisotopic (exact) mass is 274 g/mol. The molecule has 0 saturated heterocycles. The lowest BCUT2D eigenvalue weighted by molar-refractivity contribution is -0.137. The second-order valence-electron chi connectivity index (χ2n) is 5.22. The minimum atomic E-state index is -4.32. The zero-order valence-electron chi connectivity index (χ0n) is 11.5. The van der Waals surface area contributed by atoms with Crippen molar-refractivity contribution in [2.45, 2.75) is 25.6 Å². The van der Waals surface area contributed by atoms with Gasteiger partial charge in [-0.3, -0.25) is 0 Å². The number of nitrogens with two attached hydrogens (primary N) is 1. The van der Waals surface area contributed by atoms with Crippen LogP contribution < -0.4 is 5.73 Å². The van der Waals surface area contributed by atoms with Crippen LogP contribution in [-0.4, -0.2) is 25.5 Å². The first kappa shape index (κ1) is 16.0. The quantitative estimate of drug-likeness (QED) is 0.892. The summed E-state index contributed by atoms with van der Waals surface area (Å²) in [7, 11) is 3.92. The summed E-state index contributed by atoms with van der Waals surface area (Å²) in [5.41, 5.74) is 5.96. The van der Waals surface area contributed by atoms with E-state index in [1.807, 2.05) is 25.9 Å². The zero-order chi connectivity index (χ0) is 14.6. The number of alkyl halides is 3. The molecule has 0 bridgehead atoms. The van der Waals surface area contributed by atoms with Crippen molar-refractivity contribution in [2.24, 2.45) is 11.7 Å². The lowest BCUT2D eigenvalue weighted by Gasteiger charge is -2.22. The molecule has 0 aromatic heterocycles. The molecule has 0 fully saturated rings. The summed E-state index contributed by atoms with van der Waals surface area (Å²) in [5, 5.41) is 0. The van der Waals surface area contributed by atoms with Crippen LogP contribution in [0.5, 0.6) is 0 Å². The van der Waals surface area contributed by atoms with E-state index in [0.717, 1.165) is 25.1 Å². The number of hydrogen-bond acceptors (Lipinski definition) is 2. The first-order valence-corrected chi connectivity index (χ1v) is 6.29. The summed E-state index contributed by atoms with van der Waals surface area (Å²) in [6.07, 6.45) is -3.47. The third-order valence-corrected chi connectivity index (χ3v) is 3.24. The van der Waals surface area contributed by atoms with Crippen LogP contribution in [0.15, 0.2) is 24.3 Å². The highest BCUT2D eigenvalue weighted by Gasteiger charge is 2.31. The summed E-state index contributed by atoms with van der Waals surface area (Å²) in [6.45, 7) is 2.84. The highest BCUT2D eigenvalue weighted by Crippen LogP contribution is 2.32. The van der Waals surface area contributed by atoms with E-state index in [4.69, 9.17) is 5.73 Å². The molecule has 0 aliphatic carbocycles. The Morgan fingerprint density at radius 3 is 2.42 bits per heavy atom. The second kappa shape index (κ2) is 6.39. The van der Waals surface area contributed by atoms with E-state index in [1.54, 1.807) is 6.07 Å². The summed E-state index contributed by atoms with van der Waals surface area (Å²) >= 11 is 0. The Hall–Kier alpha value is -1.07. The molecule has 108 valence electrons. The summed E-state index contributed by atoms with van der Waals surface area (Å²) < 4.78 is 37.9. The fourth-order valence-electron chi connectivity index (χ4n) is 1.89. The lowest BCUT2D eigenvalue weighted by atomic mass is 9.91. The van der Waals surface area contributed by atoms with Crippen molar-refractivity contribution in [2.75, 3.05) is 20.6 Å². The fraction of sp³-hybridized carbons (Fsp3) is 0.571. The summed E-state index contributed by atoms with van der Waals surface area (Å²) in [4.78, 5) is 2.04. The Labute approximate surface area is 112 Å². The van der Waals surface area contributed by atoms with Gasteiger partial charge >= 0.3 is 6.18 Å². The standard InChI is InChI=1S/C14H21F3N2/c1-10(7-8-19(2)3)13(18)11-5-4-6-12(9-11)14(15,16)17/h4-6,9-10,13H,7-8,18H2,1-3H3. The predicted octanol–water partition coefficient (Wildman–Crippen LogP) is 3.29. The van der Waals surface area contributed by atoms with Crippen molar-refractivity contribution in [1.29, 1.82) is 0 Å². The van der Waals surface area contributed by atoms with Crippen molar-refractivity contribution in [3.05, 3.63) is 35.4 Å². The number of halogens is 3. The van der Waals surface area contributed by atoms with E-state index in [1.165, 1.54) is 6.07 Å². The molecule has 19 heavy (non-hydrogen) atoms. The first-order valence-electron chi connectivity index (χ1n) is 6.29. The molecule has 0 heterocycles. The molecule has 0 radical (unpaired) electrons. The first-order chi connectivity index (χ1) is 8.71. The molecule has 0 saturated carbocycles. The Balaban J connectivity index is 2.79. The van der Waals surface area contributed by atoms with Crippen molar-refractivity contribution < 1.29 is 13.2 Å². The van der Waals surface area contributed by atoms with Crippen molar-refractivity contribution >= 4 is 0 Å². The number of benzene rings is 1. The number of hydrogen-bond donors (Lipinski definition) is 1. The molecule has 1 aromatic carbocycles. The van der Waals surface area contributed by atoms with Crippen molar-refractivity contribution in [3.8, 4) is 0 Å². The largest absolute Gasteiger partial charge is 0.416 e. The van der Waals surface area contributed by atoms with Gasteiger partial charge in [-0.1, -0.05) is 19.1 Å². The van der Waals surface area contributed by atoms with Crippen LogP contribution in [0, 0.1) is 5.92 Å². The van der Waals surface area contributed by atoms with Crippen LogP contribution in [-0.2, 0) is 6.18 Å². The third kappa shape index (κ3) is 4.84. The molecule has 0 spiro atoms. The van der Waals surface area contributed by atoms with E-state index >= 15 is 0 Å². The Morgan fingerprint density at radius 2 is 1.89 bits per heavy atom. The molecule has 2 atom stereocenters. The second-order valence-corrected chi connectivity index (χ2v) is 5.22. The van der Waals surface area contributed by atoms with Crippen LogP contribution in [0.1, 0.15) is 30.5 Å². The van der Waals surface area contributed by atoms with Gasteiger partial charge in [-0.2, -0.15) is 13.2 Å². The van der Waals surface area contributed by atoms with Gasteiger partial charge in [0.15, 0.2) is 0 Å². The molecular weight excluding hydrogens is 253 g/mol. The number of nitrogens with zero attached hydrogens (tertiary/aromatic N) is 1. The molecule has 5 heteroatoms. The molecule has 0 amide bonds. The van der Waals surface area contributed by atoms with Crippen LogP contribution in [0.3, 0.4) is 0 Å². The molecule has 0 aliphatic rings. The van der Waals surface area contributed by atoms with E-state index in [2.05, 4.69) is 0 Å². The maximum absolute atomic E-state index is 12.6. The SMILES string of the molecule is CC(CCN(C)C)C(N)c1cccc(C(F)(F)F)c1. The normalized spacial score (nSPS) is 15.6. The average molecular weight is 274 g/mol. The summed E-state index contributed by atoms with van der Waals surface area (Å²) in [5.74, 6) is 0.130. The van der Waals surface area contributed by atoms with Crippen LogP contribution in [0.4, 0.5) is 13.2 Å². The molecular formula is C14H21F3N2. The van der Waals surface area contributed by atoms with Gasteiger partial charge < -0.3 is 10.6 Å². The van der Waals surface area contributed by atoms with Gasteiger partial charge in [0, 0.05) is 6.04 Å². The maximum Gasteiger partial charge on any atom is 0.416 e. The molecule has 0 aliphatic heterocycles. The van der Waals surface area contributed by atoms with Crippen LogP contribution >= 0.6 is 0 Å². The minimum absolute atomic E-state index is 0.130.